The van der Waals surface area contributed by atoms with Gasteiger partial charge in [0.1, 0.15) is 16.6 Å². The third kappa shape index (κ3) is 2.63. The van der Waals surface area contributed by atoms with Crippen molar-refractivity contribution in [1.29, 1.82) is 5.26 Å². The lowest BCUT2D eigenvalue weighted by Gasteiger charge is -2.19. The molecule has 1 aromatic heterocycles. The van der Waals surface area contributed by atoms with Gasteiger partial charge in [0.25, 0.3) is 0 Å². The molecular formula is C15H19N3O2S. The zero-order chi connectivity index (χ0) is 15.0. The molecule has 0 bridgehead atoms. The minimum Gasteiger partial charge on any atom is -0.396 e. The van der Waals surface area contributed by atoms with E-state index in [2.05, 4.69) is 11.4 Å². The summed E-state index contributed by atoms with van der Waals surface area (Å²) in [5.74, 6) is 0.209. The molecule has 1 heterocycles. The summed E-state index contributed by atoms with van der Waals surface area (Å²) >= 11 is 1.32. The molecule has 21 heavy (non-hydrogen) atoms. The second kappa shape index (κ2) is 5.66. The van der Waals surface area contributed by atoms with E-state index < -0.39 is 0 Å². The second-order valence-electron chi connectivity index (χ2n) is 5.76. The molecule has 0 aromatic carbocycles. The molecule has 0 amide bonds. The molecule has 2 aliphatic rings. The van der Waals surface area contributed by atoms with Crippen LogP contribution < -0.4 is 11.1 Å². The molecule has 112 valence electrons. The van der Waals surface area contributed by atoms with Crippen LogP contribution in [0.4, 0.5) is 10.7 Å². The third-order valence-electron chi connectivity index (χ3n) is 4.30. The standard InChI is InChI=1S/C15H19N3O2S/c1-20-11-4-2-3-10(11)18-15-9(7-16)12(17)14(21-15)13(19)8-5-6-8/h8,10-11,18H,2-6,17H2,1H3. The van der Waals surface area contributed by atoms with Crippen molar-refractivity contribution >= 4 is 27.8 Å². The average molecular weight is 305 g/mol. The molecule has 0 saturated heterocycles. The molecule has 6 heteroatoms. The number of ketones is 1. The summed E-state index contributed by atoms with van der Waals surface area (Å²) in [6.45, 7) is 0. The van der Waals surface area contributed by atoms with E-state index >= 15 is 0 Å². The Morgan fingerprint density at radius 3 is 2.81 bits per heavy atom. The van der Waals surface area contributed by atoms with Crippen LogP contribution in [0.2, 0.25) is 0 Å². The van der Waals surface area contributed by atoms with Crippen molar-refractivity contribution in [3.63, 3.8) is 0 Å². The molecular weight excluding hydrogens is 286 g/mol. The molecule has 3 rings (SSSR count). The van der Waals surface area contributed by atoms with Gasteiger partial charge in [-0.1, -0.05) is 0 Å². The van der Waals surface area contributed by atoms with Gasteiger partial charge in [0.05, 0.1) is 22.7 Å². The highest BCUT2D eigenvalue weighted by atomic mass is 32.1. The lowest BCUT2D eigenvalue weighted by molar-refractivity contribution is 0.0972. The van der Waals surface area contributed by atoms with Crippen molar-refractivity contribution in [2.75, 3.05) is 18.2 Å². The van der Waals surface area contributed by atoms with E-state index in [1.165, 1.54) is 11.3 Å². The van der Waals surface area contributed by atoms with Gasteiger partial charge in [-0.3, -0.25) is 4.79 Å². The molecule has 0 spiro atoms. The fourth-order valence-electron chi connectivity index (χ4n) is 2.91. The highest BCUT2D eigenvalue weighted by Crippen LogP contribution is 2.42. The normalized spacial score (nSPS) is 24.8. The number of nitrogens with two attached hydrogens (primary N) is 1. The van der Waals surface area contributed by atoms with Crippen LogP contribution in [0.15, 0.2) is 0 Å². The van der Waals surface area contributed by atoms with Crippen LogP contribution in [0.25, 0.3) is 0 Å². The number of thiophene rings is 1. The summed E-state index contributed by atoms with van der Waals surface area (Å²) in [5.41, 5.74) is 6.77. The number of nitrogens with one attached hydrogen (secondary N) is 1. The van der Waals surface area contributed by atoms with Crippen LogP contribution in [-0.2, 0) is 4.74 Å². The summed E-state index contributed by atoms with van der Waals surface area (Å²) in [6, 6.07) is 2.32. The van der Waals surface area contributed by atoms with Crippen LogP contribution in [0.3, 0.4) is 0 Å². The van der Waals surface area contributed by atoms with E-state index in [1.807, 2.05) is 0 Å². The number of nitrogens with zero attached hydrogens (tertiary/aromatic N) is 1. The van der Waals surface area contributed by atoms with E-state index in [-0.39, 0.29) is 23.8 Å². The molecule has 2 fully saturated rings. The van der Waals surface area contributed by atoms with Crippen molar-refractivity contribution in [3.05, 3.63) is 10.4 Å². The molecule has 0 radical (unpaired) electrons. The number of methoxy groups -OCH3 is 1. The fraction of sp³-hybridized carbons (Fsp3) is 0.600. The summed E-state index contributed by atoms with van der Waals surface area (Å²) < 4.78 is 5.46. The lowest BCUT2D eigenvalue weighted by atomic mass is 10.1. The first-order valence-corrected chi connectivity index (χ1v) is 8.13. The minimum atomic E-state index is 0.0942. The highest BCUT2D eigenvalue weighted by Gasteiger charge is 2.35. The summed E-state index contributed by atoms with van der Waals surface area (Å²) in [6.07, 6.45) is 5.16. The maximum absolute atomic E-state index is 12.2. The van der Waals surface area contributed by atoms with E-state index in [9.17, 15) is 10.1 Å². The van der Waals surface area contributed by atoms with Gasteiger partial charge in [-0.05, 0) is 32.1 Å². The van der Waals surface area contributed by atoms with Crippen molar-refractivity contribution < 1.29 is 9.53 Å². The number of hydrogen-bond acceptors (Lipinski definition) is 6. The smallest absolute Gasteiger partial charge is 0.178 e. The number of carbonyl (C=O) groups excluding carboxylic acids is 1. The van der Waals surface area contributed by atoms with Crippen LogP contribution >= 0.6 is 11.3 Å². The van der Waals surface area contributed by atoms with Gasteiger partial charge in [-0.2, -0.15) is 5.26 Å². The minimum absolute atomic E-state index is 0.0942. The summed E-state index contributed by atoms with van der Waals surface area (Å²) in [7, 11) is 1.71. The predicted molar refractivity (Wildman–Crippen MR) is 82.6 cm³/mol. The number of hydrogen-bond donors (Lipinski definition) is 2. The molecule has 0 aliphatic heterocycles. The van der Waals surface area contributed by atoms with Crippen LogP contribution in [-0.4, -0.2) is 25.0 Å². The molecule has 1 aromatic rings. The topological polar surface area (TPSA) is 88.1 Å². The Balaban J connectivity index is 1.86. The number of Topliss-reactive ketones (excluding diaryl/α,β-unsaturated/α-hetero) is 1. The van der Waals surface area contributed by atoms with Gasteiger partial charge in [0.2, 0.25) is 0 Å². The summed E-state index contributed by atoms with van der Waals surface area (Å²) in [4.78, 5) is 12.8. The fourth-order valence-corrected chi connectivity index (χ4v) is 4.06. The zero-order valence-corrected chi connectivity index (χ0v) is 12.8. The SMILES string of the molecule is COC1CCCC1Nc1sc(C(=O)C2CC2)c(N)c1C#N. The second-order valence-corrected chi connectivity index (χ2v) is 6.78. The van der Waals surface area contributed by atoms with Crippen molar-refractivity contribution in [3.8, 4) is 6.07 Å². The Hall–Kier alpha value is -1.58. The molecule has 5 nitrogen and oxygen atoms in total. The highest BCUT2D eigenvalue weighted by molar-refractivity contribution is 7.19. The predicted octanol–water partition coefficient (Wildman–Crippen LogP) is 2.77. The number of carbonyl (C=O) groups is 1. The van der Waals surface area contributed by atoms with Gasteiger partial charge in [0, 0.05) is 13.0 Å². The van der Waals surface area contributed by atoms with Gasteiger partial charge in [-0.15, -0.1) is 11.3 Å². The zero-order valence-electron chi connectivity index (χ0n) is 12.0. The van der Waals surface area contributed by atoms with Crippen LogP contribution in [0, 0.1) is 17.2 Å². The molecule has 2 atom stereocenters. The maximum atomic E-state index is 12.2. The quantitative estimate of drug-likeness (QED) is 0.817. The first-order chi connectivity index (χ1) is 10.2. The molecule has 3 N–H and O–H groups in total. The number of anilines is 2. The van der Waals surface area contributed by atoms with Crippen molar-refractivity contribution in [1.82, 2.24) is 0 Å². The molecule has 2 unspecified atom stereocenters. The maximum Gasteiger partial charge on any atom is 0.178 e. The van der Waals surface area contributed by atoms with Gasteiger partial charge in [-0.25, -0.2) is 0 Å². The van der Waals surface area contributed by atoms with E-state index in [0.717, 1.165) is 32.1 Å². The molecule has 2 saturated carbocycles. The van der Waals surface area contributed by atoms with E-state index in [1.54, 1.807) is 7.11 Å². The van der Waals surface area contributed by atoms with Gasteiger partial charge in [0.15, 0.2) is 5.78 Å². The first kappa shape index (κ1) is 14.4. The Bertz CT molecular complexity index is 601. The first-order valence-electron chi connectivity index (χ1n) is 7.31. The lowest BCUT2D eigenvalue weighted by Crippen LogP contribution is -2.29. The number of ether oxygens (including phenoxy) is 1. The Kier molecular flexibility index (Phi) is 3.87. The molecule has 2 aliphatic carbocycles. The average Bonchev–Trinajstić information content (AvgIpc) is 3.16. The summed E-state index contributed by atoms with van der Waals surface area (Å²) in [5, 5.41) is 13.4. The van der Waals surface area contributed by atoms with Gasteiger partial charge >= 0.3 is 0 Å². The third-order valence-corrected chi connectivity index (χ3v) is 5.45. The van der Waals surface area contributed by atoms with E-state index in [4.69, 9.17) is 10.5 Å². The van der Waals surface area contributed by atoms with Crippen LogP contribution in [0.5, 0.6) is 0 Å². The Morgan fingerprint density at radius 1 is 1.43 bits per heavy atom. The van der Waals surface area contributed by atoms with Crippen LogP contribution in [0.1, 0.15) is 47.3 Å². The number of nitriles is 1. The monoisotopic (exact) mass is 305 g/mol. The van der Waals surface area contributed by atoms with E-state index in [0.29, 0.717) is 21.1 Å². The largest absolute Gasteiger partial charge is 0.396 e. The van der Waals surface area contributed by atoms with Crippen molar-refractivity contribution in [2.45, 2.75) is 44.2 Å². The Morgan fingerprint density at radius 2 is 2.19 bits per heavy atom. The number of rotatable bonds is 5. The van der Waals surface area contributed by atoms with Crippen molar-refractivity contribution in [2.24, 2.45) is 5.92 Å². The van der Waals surface area contributed by atoms with Gasteiger partial charge < -0.3 is 15.8 Å². The number of nitrogen functional groups attached to an aromatic ring is 1. The Labute approximate surface area is 128 Å².